The average molecular weight is 330 g/mol. The third-order valence-electron chi connectivity index (χ3n) is 4.84. The normalized spacial score (nSPS) is 23.4. The van der Waals surface area contributed by atoms with Crippen LogP contribution in [0.1, 0.15) is 31.4 Å². The van der Waals surface area contributed by atoms with Gasteiger partial charge in [0.2, 0.25) is 0 Å². The number of rotatable bonds is 6. The van der Waals surface area contributed by atoms with E-state index in [1.165, 1.54) is 6.08 Å². The zero-order valence-electron chi connectivity index (χ0n) is 13.8. The maximum Gasteiger partial charge on any atom is 0.331 e. The molecular weight excluding hydrogens is 308 g/mol. The number of carboxylic acids is 2. The summed E-state index contributed by atoms with van der Waals surface area (Å²) < 4.78 is 0. The van der Waals surface area contributed by atoms with Crippen LogP contribution in [0.3, 0.4) is 0 Å². The van der Waals surface area contributed by atoms with E-state index >= 15 is 0 Å². The van der Waals surface area contributed by atoms with Crippen LogP contribution >= 0.6 is 0 Å². The van der Waals surface area contributed by atoms with Gasteiger partial charge in [0.15, 0.2) is 0 Å². The maximum absolute atomic E-state index is 12.3. The lowest BCUT2D eigenvalue weighted by Crippen LogP contribution is -2.47. The van der Waals surface area contributed by atoms with Gasteiger partial charge in [0.1, 0.15) is 5.41 Å². The first-order valence-corrected chi connectivity index (χ1v) is 7.95. The van der Waals surface area contributed by atoms with E-state index in [9.17, 15) is 19.8 Å². The summed E-state index contributed by atoms with van der Waals surface area (Å²) in [7, 11) is 0. The first-order chi connectivity index (χ1) is 11.4. The lowest BCUT2D eigenvalue weighted by Gasteiger charge is -2.40. The van der Waals surface area contributed by atoms with Crippen LogP contribution < -0.4 is 0 Å². The molecule has 0 spiro atoms. The van der Waals surface area contributed by atoms with Crippen molar-refractivity contribution in [1.82, 2.24) is 0 Å². The minimum atomic E-state index is -1.39. The number of allylic oxidation sites excluding steroid dienone is 2. The molecule has 2 atom stereocenters. The van der Waals surface area contributed by atoms with Crippen molar-refractivity contribution < 1.29 is 24.9 Å². The summed E-state index contributed by atoms with van der Waals surface area (Å²) in [4.78, 5) is 23.9. The second kappa shape index (κ2) is 7.01. The zero-order valence-corrected chi connectivity index (χ0v) is 13.8. The Morgan fingerprint density at radius 3 is 2.21 bits per heavy atom. The molecule has 5 nitrogen and oxygen atoms in total. The Morgan fingerprint density at radius 2 is 1.75 bits per heavy atom. The predicted molar refractivity (Wildman–Crippen MR) is 89.8 cm³/mol. The van der Waals surface area contributed by atoms with Gasteiger partial charge in [-0.25, -0.2) is 4.79 Å². The van der Waals surface area contributed by atoms with Crippen LogP contribution in [0.4, 0.5) is 0 Å². The fraction of sp³-hybridized carbons (Fsp3) is 0.368. The van der Waals surface area contributed by atoms with E-state index < -0.39 is 23.3 Å². The van der Waals surface area contributed by atoms with Crippen LogP contribution in [0, 0.1) is 5.92 Å². The van der Waals surface area contributed by atoms with Gasteiger partial charge in [-0.1, -0.05) is 48.9 Å². The Balaban J connectivity index is 2.65. The molecule has 0 saturated carbocycles. The largest absolute Gasteiger partial charge is 0.480 e. The van der Waals surface area contributed by atoms with Crippen molar-refractivity contribution in [2.45, 2.75) is 32.1 Å². The highest BCUT2D eigenvalue weighted by atomic mass is 16.4. The van der Waals surface area contributed by atoms with Crippen molar-refractivity contribution in [3.8, 4) is 0 Å². The van der Waals surface area contributed by atoms with E-state index in [0.717, 1.165) is 5.56 Å². The summed E-state index contributed by atoms with van der Waals surface area (Å²) in [5.74, 6) is -2.79. The van der Waals surface area contributed by atoms with Gasteiger partial charge in [-0.15, -0.1) is 0 Å². The van der Waals surface area contributed by atoms with Crippen LogP contribution in [-0.2, 0) is 21.4 Å². The van der Waals surface area contributed by atoms with Crippen molar-refractivity contribution in [1.29, 1.82) is 0 Å². The van der Waals surface area contributed by atoms with Crippen LogP contribution in [0.15, 0.2) is 47.6 Å². The van der Waals surface area contributed by atoms with Gasteiger partial charge in [-0.3, -0.25) is 4.79 Å². The molecule has 1 aliphatic carbocycles. The fourth-order valence-corrected chi connectivity index (χ4v) is 3.65. The summed E-state index contributed by atoms with van der Waals surface area (Å²) in [6.45, 7) is 3.55. The number of carboxylic acid groups (broad SMARTS) is 2. The smallest absolute Gasteiger partial charge is 0.331 e. The number of hydrogen-bond acceptors (Lipinski definition) is 3. The van der Waals surface area contributed by atoms with Crippen molar-refractivity contribution >= 4 is 11.9 Å². The summed E-state index contributed by atoms with van der Waals surface area (Å²) in [5.41, 5.74) is 0.798. The molecule has 1 aliphatic rings. The van der Waals surface area contributed by atoms with E-state index in [4.69, 9.17) is 5.11 Å². The third-order valence-corrected chi connectivity index (χ3v) is 4.84. The molecule has 2 rings (SSSR count). The minimum Gasteiger partial charge on any atom is -0.480 e. The highest BCUT2D eigenvalue weighted by Gasteiger charge is 2.51. The third kappa shape index (κ3) is 2.76. The molecule has 0 aliphatic heterocycles. The summed E-state index contributed by atoms with van der Waals surface area (Å²) in [6.07, 6.45) is 3.99. The van der Waals surface area contributed by atoms with Gasteiger partial charge in [0, 0.05) is 18.1 Å². The molecule has 2 unspecified atom stereocenters. The van der Waals surface area contributed by atoms with Gasteiger partial charge in [-0.05, 0) is 30.9 Å². The van der Waals surface area contributed by atoms with Gasteiger partial charge >= 0.3 is 11.9 Å². The second-order valence-corrected chi connectivity index (χ2v) is 6.02. The molecule has 0 bridgehead atoms. The second-order valence-electron chi connectivity index (χ2n) is 6.02. The van der Waals surface area contributed by atoms with Gasteiger partial charge < -0.3 is 15.3 Å². The summed E-state index contributed by atoms with van der Waals surface area (Å²) >= 11 is 0. The molecule has 0 saturated heterocycles. The number of aliphatic carboxylic acids is 2. The molecule has 0 amide bonds. The van der Waals surface area contributed by atoms with E-state index in [2.05, 4.69) is 0 Å². The molecule has 0 aromatic heterocycles. The maximum atomic E-state index is 12.3. The lowest BCUT2D eigenvalue weighted by atomic mass is 9.60. The van der Waals surface area contributed by atoms with E-state index in [-0.39, 0.29) is 12.2 Å². The number of benzene rings is 1. The van der Waals surface area contributed by atoms with Gasteiger partial charge in [0.25, 0.3) is 0 Å². The Labute approximate surface area is 140 Å². The van der Waals surface area contributed by atoms with Crippen LogP contribution in [-0.4, -0.2) is 33.9 Å². The van der Waals surface area contributed by atoms with E-state index in [1.54, 1.807) is 44.2 Å². The molecular formula is C19H22O5. The average Bonchev–Trinajstić information content (AvgIpc) is 2.55. The number of aliphatic hydroxyl groups is 1. The molecule has 0 heterocycles. The van der Waals surface area contributed by atoms with Crippen LogP contribution in [0.25, 0.3) is 0 Å². The van der Waals surface area contributed by atoms with E-state index in [1.807, 2.05) is 0 Å². The van der Waals surface area contributed by atoms with E-state index in [0.29, 0.717) is 24.0 Å². The summed E-state index contributed by atoms with van der Waals surface area (Å²) in [5, 5.41) is 28.6. The topological polar surface area (TPSA) is 94.8 Å². The Morgan fingerprint density at radius 1 is 1.12 bits per heavy atom. The van der Waals surface area contributed by atoms with Crippen LogP contribution in [0.2, 0.25) is 0 Å². The Kier molecular flexibility index (Phi) is 5.24. The minimum absolute atomic E-state index is 0.0197. The van der Waals surface area contributed by atoms with Crippen molar-refractivity contribution in [3.63, 3.8) is 0 Å². The standard InChI is InChI=1S/C19H22O5/c1-3-16-15(17(21)22)9-4-12(2)19(16,18(23)24)14-7-5-13(6-8-14)10-11-20/h4-9,16,20H,3,10-11H2,1-2H3,(H,21,22)(H,23,24). The zero-order chi connectivity index (χ0) is 17.9. The molecule has 24 heavy (non-hydrogen) atoms. The molecule has 128 valence electrons. The van der Waals surface area contributed by atoms with Crippen LogP contribution in [0.5, 0.6) is 0 Å². The quantitative estimate of drug-likeness (QED) is 0.745. The first kappa shape index (κ1) is 17.9. The molecule has 1 aromatic rings. The fourth-order valence-electron chi connectivity index (χ4n) is 3.65. The van der Waals surface area contributed by atoms with Crippen molar-refractivity contribution in [2.24, 2.45) is 5.92 Å². The number of hydrogen-bond donors (Lipinski definition) is 3. The van der Waals surface area contributed by atoms with Gasteiger partial charge in [-0.2, -0.15) is 0 Å². The first-order valence-electron chi connectivity index (χ1n) is 7.95. The van der Waals surface area contributed by atoms with Crippen molar-refractivity contribution in [3.05, 3.63) is 58.7 Å². The highest BCUT2D eigenvalue weighted by molar-refractivity contribution is 5.94. The monoisotopic (exact) mass is 330 g/mol. The Bertz CT molecular complexity index is 699. The number of aliphatic hydroxyl groups excluding tert-OH is 1. The molecule has 0 fully saturated rings. The SMILES string of the molecule is CCC1C(C(=O)O)=CC=C(C)C1(C(=O)O)c1ccc(CCO)cc1. The highest BCUT2D eigenvalue weighted by Crippen LogP contribution is 2.47. The summed E-state index contributed by atoms with van der Waals surface area (Å²) in [6, 6.07) is 7.03. The molecule has 1 aromatic carbocycles. The number of carbonyl (C=O) groups is 2. The van der Waals surface area contributed by atoms with Crippen molar-refractivity contribution in [2.75, 3.05) is 6.61 Å². The molecule has 0 radical (unpaired) electrons. The molecule has 5 heteroatoms. The van der Waals surface area contributed by atoms with Gasteiger partial charge in [0.05, 0.1) is 0 Å². The predicted octanol–water partition coefficient (Wildman–Crippen LogP) is 2.54. The molecule has 3 N–H and O–H groups in total. The Hall–Kier alpha value is -2.40. The lowest BCUT2D eigenvalue weighted by molar-refractivity contribution is -0.144.